The zero-order valence-corrected chi connectivity index (χ0v) is 13.9. The molecule has 2 heterocycles. The molecule has 0 aliphatic carbocycles. The summed E-state index contributed by atoms with van der Waals surface area (Å²) in [5, 5.41) is 0.654. The molecule has 0 radical (unpaired) electrons. The van der Waals surface area contributed by atoms with E-state index >= 15 is 0 Å². The van der Waals surface area contributed by atoms with Crippen LogP contribution in [-0.4, -0.2) is 33.6 Å². The molecule has 1 fully saturated rings. The molecule has 108 valence electrons. The van der Waals surface area contributed by atoms with Gasteiger partial charge in [0.2, 0.25) is 0 Å². The van der Waals surface area contributed by atoms with Crippen molar-refractivity contribution in [2.24, 2.45) is 16.8 Å². The molecule has 0 aromatic carbocycles. The first-order chi connectivity index (χ1) is 8.91. The van der Waals surface area contributed by atoms with E-state index in [-0.39, 0.29) is 6.17 Å². The van der Waals surface area contributed by atoms with E-state index in [1.807, 2.05) is 11.2 Å². The second kappa shape index (κ2) is 5.96. The molecule has 1 unspecified atom stereocenters. The normalized spacial score (nSPS) is 26.3. The van der Waals surface area contributed by atoms with E-state index < -0.39 is 0 Å². The highest BCUT2D eigenvalue weighted by Crippen LogP contribution is 2.34. The maximum Gasteiger partial charge on any atom is 0.133 e. The van der Waals surface area contributed by atoms with Crippen molar-refractivity contribution >= 4 is 29.6 Å². The first kappa shape index (κ1) is 15.0. The van der Waals surface area contributed by atoms with Crippen LogP contribution in [0.2, 0.25) is 0 Å². The van der Waals surface area contributed by atoms with E-state index in [2.05, 4.69) is 43.5 Å². The zero-order chi connectivity index (χ0) is 14.2. The minimum atomic E-state index is -0.00677. The van der Waals surface area contributed by atoms with Crippen molar-refractivity contribution in [3.8, 4) is 0 Å². The van der Waals surface area contributed by atoms with E-state index in [9.17, 15) is 0 Å². The number of hydrogen-bond donors (Lipinski definition) is 1. The Kier molecular flexibility index (Phi) is 4.72. The molecule has 3 nitrogen and oxygen atoms in total. The van der Waals surface area contributed by atoms with Gasteiger partial charge >= 0.3 is 0 Å². The number of thiol groups is 1. The maximum absolute atomic E-state index is 6.39. The number of hydrogen-bond acceptors (Lipinski definition) is 4. The highest BCUT2D eigenvalue weighted by Gasteiger charge is 2.32. The molecule has 1 saturated heterocycles. The fraction of sp³-hybridized carbons (Fsp3) is 0.786. The minimum Gasteiger partial charge on any atom is -0.357 e. The SMILES string of the molecule is CC1CCN(C2=C(C(C)C)C(Cl)=NC(C)N2S)CC1. The van der Waals surface area contributed by atoms with Crippen molar-refractivity contribution in [3.05, 3.63) is 11.4 Å². The third-order valence-corrected chi connectivity index (χ3v) is 4.82. The van der Waals surface area contributed by atoms with Crippen LogP contribution in [0.4, 0.5) is 0 Å². The lowest BCUT2D eigenvalue weighted by Gasteiger charge is -2.42. The van der Waals surface area contributed by atoms with Crippen molar-refractivity contribution in [2.45, 2.75) is 46.7 Å². The van der Waals surface area contributed by atoms with Crippen LogP contribution in [0, 0.1) is 11.8 Å². The number of halogens is 1. The van der Waals surface area contributed by atoms with Gasteiger partial charge in [0.15, 0.2) is 0 Å². The van der Waals surface area contributed by atoms with Gasteiger partial charge in [-0.2, -0.15) is 0 Å². The first-order valence-corrected chi connectivity index (χ1v) is 7.90. The Hall–Kier alpha value is -0.350. The molecule has 2 rings (SSSR count). The summed E-state index contributed by atoms with van der Waals surface area (Å²) < 4.78 is 1.97. The quantitative estimate of drug-likeness (QED) is 0.784. The Morgan fingerprint density at radius 1 is 1.26 bits per heavy atom. The second-order valence-corrected chi connectivity index (χ2v) is 6.75. The second-order valence-electron chi connectivity index (χ2n) is 5.96. The molecule has 0 aromatic rings. The fourth-order valence-electron chi connectivity index (χ4n) is 2.71. The Labute approximate surface area is 127 Å². The van der Waals surface area contributed by atoms with Crippen LogP contribution in [0.15, 0.2) is 16.4 Å². The smallest absolute Gasteiger partial charge is 0.133 e. The molecule has 2 aliphatic rings. The number of likely N-dealkylation sites (tertiary alicyclic amines) is 1. The van der Waals surface area contributed by atoms with Crippen molar-refractivity contribution in [1.82, 2.24) is 9.21 Å². The Morgan fingerprint density at radius 2 is 1.84 bits per heavy atom. The van der Waals surface area contributed by atoms with Gasteiger partial charge in [-0.3, -0.25) is 4.31 Å². The van der Waals surface area contributed by atoms with Crippen molar-refractivity contribution in [3.63, 3.8) is 0 Å². The highest BCUT2D eigenvalue weighted by atomic mass is 35.5. The van der Waals surface area contributed by atoms with E-state index in [4.69, 9.17) is 11.6 Å². The zero-order valence-electron chi connectivity index (χ0n) is 12.2. The molecule has 0 aromatic heterocycles. The van der Waals surface area contributed by atoms with Gasteiger partial charge in [0, 0.05) is 18.7 Å². The Bertz CT molecular complexity index is 397. The summed E-state index contributed by atoms with van der Waals surface area (Å²) in [4.78, 5) is 6.90. The van der Waals surface area contributed by atoms with Gasteiger partial charge < -0.3 is 4.90 Å². The van der Waals surface area contributed by atoms with Gasteiger partial charge in [0.25, 0.3) is 0 Å². The molecule has 5 heteroatoms. The van der Waals surface area contributed by atoms with Crippen molar-refractivity contribution < 1.29 is 0 Å². The lowest BCUT2D eigenvalue weighted by Crippen LogP contribution is -2.43. The van der Waals surface area contributed by atoms with Gasteiger partial charge in [0.1, 0.15) is 17.2 Å². The molecule has 0 spiro atoms. The first-order valence-electron chi connectivity index (χ1n) is 7.12. The third kappa shape index (κ3) is 3.05. The Balaban J connectivity index is 2.35. The number of allylic oxidation sites excluding steroid dienone is 1. The van der Waals surface area contributed by atoms with Gasteiger partial charge in [-0.15, -0.1) is 0 Å². The molecule has 2 aliphatic heterocycles. The van der Waals surface area contributed by atoms with Crippen LogP contribution in [0.1, 0.15) is 40.5 Å². The molecule has 0 saturated carbocycles. The number of aliphatic imine (C=N–C) groups is 1. The number of piperidine rings is 1. The van der Waals surface area contributed by atoms with Gasteiger partial charge in [-0.05, 0) is 31.6 Å². The monoisotopic (exact) mass is 301 g/mol. The van der Waals surface area contributed by atoms with E-state index in [0.717, 1.165) is 30.4 Å². The average Bonchev–Trinajstić information content (AvgIpc) is 2.34. The molecule has 0 amide bonds. The fourth-order valence-corrected chi connectivity index (χ4v) is 3.44. The van der Waals surface area contributed by atoms with E-state index in [1.165, 1.54) is 12.8 Å². The molecular formula is C14H24ClN3S. The highest BCUT2D eigenvalue weighted by molar-refractivity contribution is 7.77. The van der Waals surface area contributed by atoms with Crippen LogP contribution < -0.4 is 0 Å². The summed E-state index contributed by atoms with van der Waals surface area (Å²) in [6.07, 6.45) is 2.46. The molecule has 0 N–H and O–H groups in total. The van der Waals surface area contributed by atoms with E-state index in [0.29, 0.717) is 11.1 Å². The van der Waals surface area contributed by atoms with Crippen LogP contribution in [0.3, 0.4) is 0 Å². The van der Waals surface area contributed by atoms with Crippen LogP contribution >= 0.6 is 24.4 Å². The maximum atomic E-state index is 6.39. The molecule has 0 bridgehead atoms. The minimum absolute atomic E-state index is 0.00677. The lowest BCUT2D eigenvalue weighted by atomic mass is 9.97. The standard InChI is InChI=1S/C14H24ClN3S/c1-9(2)12-13(15)16-11(4)18(19)14(12)17-7-5-10(3)6-8-17/h9-11,19H,5-8H2,1-4H3. The Morgan fingerprint density at radius 3 is 2.37 bits per heavy atom. The average molecular weight is 302 g/mol. The lowest BCUT2D eigenvalue weighted by molar-refractivity contribution is 0.188. The van der Waals surface area contributed by atoms with E-state index in [1.54, 1.807) is 0 Å². The van der Waals surface area contributed by atoms with Crippen LogP contribution in [0.25, 0.3) is 0 Å². The number of nitrogens with zero attached hydrogens (tertiary/aromatic N) is 3. The summed E-state index contributed by atoms with van der Waals surface area (Å²) in [5.41, 5.74) is 1.13. The largest absolute Gasteiger partial charge is 0.357 e. The van der Waals surface area contributed by atoms with Gasteiger partial charge in [-0.1, -0.05) is 45.2 Å². The summed E-state index contributed by atoms with van der Waals surface area (Å²) in [7, 11) is 0. The number of rotatable bonds is 2. The molecular weight excluding hydrogens is 278 g/mol. The summed E-state index contributed by atoms with van der Waals surface area (Å²) in [5.74, 6) is 2.34. The van der Waals surface area contributed by atoms with Gasteiger partial charge in [-0.25, -0.2) is 4.99 Å². The third-order valence-electron chi connectivity index (χ3n) is 3.99. The predicted molar refractivity (Wildman–Crippen MR) is 85.4 cm³/mol. The van der Waals surface area contributed by atoms with Crippen LogP contribution in [-0.2, 0) is 0 Å². The topological polar surface area (TPSA) is 18.8 Å². The van der Waals surface area contributed by atoms with Crippen LogP contribution in [0.5, 0.6) is 0 Å². The summed E-state index contributed by atoms with van der Waals surface area (Å²) >= 11 is 11.0. The molecule has 19 heavy (non-hydrogen) atoms. The summed E-state index contributed by atoms with van der Waals surface area (Å²) in [6, 6.07) is 0. The summed E-state index contributed by atoms with van der Waals surface area (Å²) in [6.45, 7) is 10.8. The predicted octanol–water partition coefficient (Wildman–Crippen LogP) is 3.73. The van der Waals surface area contributed by atoms with Crippen molar-refractivity contribution in [1.29, 1.82) is 0 Å². The van der Waals surface area contributed by atoms with Gasteiger partial charge in [0.05, 0.1) is 0 Å². The molecule has 1 atom stereocenters. The van der Waals surface area contributed by atoms with Crippen molar-refractivity contribution in [2.75, 3.05) is 13.1 Å².